The van der Waals surface area contributed by atoms with E-state index in [1.807, 2.05) is 0 Å². The molecule has 5 nitrogen and oxygen atoms in total. The number of carboxylic acids is 1. The summed E-state index contributed by atoms with van der Waals surface area (Å²) in [5.74, 6) is -1.18. The lowest BCUT2D eigenvalue weighted by Crippen LogP contribution is -2.36. The summed E-state index contributed by atoms with van der Waals surface area (Å²) in [4.78, 5) is 22.3. The number of unbranched alkanes of at least 4 members (excludes halogenated alkanes) is 6. The fraction of sp³-hybridized carbons (Fsp3) is 0.727. The predicted octanol–water partition coefficient (Wildman–Crippen LogP) is 5.66. The molecule has 1 heterocycles. The van der Waals surface area contributed by atoms with E-state index in [2.05, 4.69) is 25.7 Å². The number of rotatable bonds is 14. The van der Waals surface area contributed by atoms with Gasteiger partial charge in [-0.25, -0.2) is 0 Å². The first-order chi connectivity index (χ1) is 13.1. The number of carbonyl (C=O) groups is 2. The van der Waals surface area contributed by atoms with Crippen LogP contribution in [0.25, 0.3) is 0 Å². The molecule has 0 aliphatic rings. The van der Waals surface area contributed by atoms with Gasteiger partial charge in [-0.05, 0) is 25.3 Å². The molecule has 2 atom stereocenters. The molecule has 1 N–H and O–H groups in total. The third kappa shape index (κ3) is 9.58. The average molecular weight is 411 g/mol. The molecule has 1 rings (SSSR count). The second-order valence-electron chi connectivity index (χ2n) is 8.88. The van der Waals surface area contributed by atoms with E-state index in [-0.39, 0.29) is 18.0 Å². The Balaban J connectivity index is 2.28. The number of furan rings is 1. The molecule has 0 radical (unpaired) electrons. The molecule has 2 unspecified atom stereocenters. The van der Waals surface area contributed by atoms with Crippen molar-refractivity contribution in [2.75, 3.05) is 0 Å². The summed E-state index contributed by atoms with van der Waals surface area (Å²) >= 11 is 0. The fourth-order valence-corrected chi connectivity index (χ4v) is 4.21. The van der Waals surface area contributed by atoms with Gasteiger partial charge in [0.1, 0.15) is 14.2 Å². The number of esters is 1. The van der Waals surface area contributed by atoms with Gasteiger partial charge in [0, 0.05) is 12.5 Å². The highest BCUT2D eigenvalue weighted by molar-refractivity contribution is 6.87. The quantitative estimate of drug-likeness (QED) is 0.243. The van der Waals surface area contributed by atoms with Crippen molar-refractivity contribution in [3.8, 4) is 0 Å². The summed E-state index contributed by atoms with van der Waals surface area (Å²) in [5.41, 5.74) is 0.972. The predicted molar refractivity (Wildman–Crippen MR) is 115 cm³/mol. The van der Waals surface area contributed by atoms with E-state index in [0.717, 1.165) is 62.3 Å². The van der Waals surface area contributed by atoms with Crippen LogP contribution in [0.15, 0.2) is 16.7 Å². The SMILES string of the molecule is CC(=O)OC(CCCCCCCCCC(C)C(=O)O)c1coc([Si](C)(C)C)c1. The van der Waals surface area contributed by atoms with Gasteiger partial charge in [0.15, 0.2) is 0 Å². The molecule has 0 aliphatic heterocycles. The first-order valence-corrected chi connectivity index (χ1v) is 14.1. The summed E-state index contributed by atoms with van der Waals surface area (Å²) in [7, 11) is -1.51. The minimum atomic E-state index is -1.51. The van der Waals surface area contributed by atoms with Crippen molar-refractivity contribution in [3.63, 3.8) is 0 Å². The van der Waals surface area contributed by atoms with Gasteiger partial charge in [0.2, 0.25) is 0 Å². The Labute approximate surface area is 170 Å². The molecular formula is C22H38O5Si. The number of hydrogen-bond acceptors (Lipinski definition) is 4. The minimum Gasteiger partial charge on any atom is -0.481 e. The Morgan fingerprint density at radius 1 is 1.04 bits per heavy atom. The van der Waals surface area contributed by atoms with Crippen LogP contribution in [0.2, 0.25) is 19.6 Å². The number of hydrogen-bond donors (Lipinski definition) is 1. The maximum atomic E-state index is 11.5. The van der Waals surface area contributed by atoms with Crippen molar-refractivity contribution in [2.24, 2.45) is 5.92 Å². The molecule has 0 saturated carbocycles. The zero-order valence-electron chi connectivity index (χ0n) is 18.3. The second kappa shape index (κ2) is 12.1. The van der Waals surface area contributed by atoms with Crippen LogP contribution in [0.1, 0.15) is 83.3 Å². The molecule has 160 valence electrons. The zero-order valence-corrected chi connectivity index (χ0v) is 19.3. The van der Waals surface area contributed by atoms with E-state index in [1.165, 1.54) is 13.3 Å². The van der Waals surface area contributed by atoms with E-state index in [4.69, 9.17) is 14.3 Å². The highest BCUT2D eigenvalue weighted by atomic mass is 28.3. The van der Waals surface area contributed by atoms with Crippen molar-refractivity contribution < 1.29 is 23.8 Å². The van der Waals surface area contributed by atoms with Crippen LogP contribution in [0.5, 0.6) is 0 Å². The number of ether oxygens (including phenoxy) is 1. The standard InChI is InChI=1S/C22H38O5Si/c1-17(22(24)25)13-11-9-7-6-8-10-12-14-20(27-18(2)23)19-15-21(26-16-19)28(3,4)5/h15-17,20H,6-14H2,1-5H3,(H,24,25). The molecule has 0 amide bonds. The maximum absolute atomic E-state index is 11.5. The molecule has 0 fully saturated rings. The normalized spacial score (nSPS) is 13.9. The fourth-order valence-electron chi connectivity index (χ4n) is 3.19. The van der Waals surface area contributed by atoms with Crippen molar-refractivity contribution in [3.05, 3.63) is 17.9 Å². The molecule has 0 bridgehead atoms. The summed E-state index contributed by atoms with van der Waals surface area (Å²) in [5, 5.41) is 9.91. The van der Waals surface area contributed by atoms with E-state index in [1.54, 1.807) is 13.2 Å². The lowest BCUT2D eigenvalue weighted by atomic mass is 10.0. The van der Waals surface area contributed by atoms with E-state index >= 15 is 0 Å². The van der Waals surface area contributed by atoms with Crippen molar-refractivity contribution in [1.29, 1.82) is 0 Å². The van der Waals surface area contributed by atoms with Gasteiger partial charge in [-0.15, -0.1) is 0 Å². The maximum Gasteiger partial charge on any atom is 0.306 e. The monoisotopic (exact) mass is 410 g/mol. The molecular weight excluding hydrogens is 372 g/mol. The highest BCUT2D eigenvalue weighted by Gasteiger charge is 2.24. The van der Waals surface area contributed by atoms with Crippen molar-refractivity contribution in [2.45, 2.75) is 97.4 Å². The van der Waals surface area contributed by atoms with Crippen LogP contribution in [0.3, 0.4) is 0 Å². The van der Waals surface area contributed by atoms with Crippen molar-refractivity contribution in [1.82, 2.24) is 0 Å². The molecule has 1 aromatic heterocycles. The topological polar surface area (TPSA) is 76.7 Å². The Kier molecular flexibility index (Phi) is 10.6. The molecule has 0 spiro atoms. The third-order valence-corrected chi connectivity index (χ3v) is 6.80. The Morgan fingerprint density at radius 3 is 2.04 bits per heavy atom. The first kappa shape index (κ1) is 24.5. The molecule has 28 heavy (non-hydrogen) atoms. The second-order valence-corrected chi connectivity index (χ2v) is 13.9. The number of carbonyl (C=O) groups excluding carboxylic acids is 1. The highest BCUT2D eigenvalue weighted by Crippen LogP contribution is 2.25. The Bertz CT molecular complexity index is 602. The van der Waals surface area contributed by atoms with E-state index in [9.17, 15) is 9.59 Å². The smallest absolute Gasteiger partial charge is 0.306 e. The Hall–Kier alpha value is -1.56. The Morgan fingerprint density at radius 2 is 1.57 bits per heavy atom. The van der Waals surface area contributed by atoms with Crippen LogP contribution < -0.4 is 5.38 Å². The number of carboxylic acid groups (broad SMARTS) is 1. The van der Waals surface area contributed by atoms with Gasteiger partial charge < -0.3 is 14.3 Å². The van der Waals surface area contributed by atoms with Crippen molar-refractivity contribution >= 4 is 25.4 Å². The van der Waals surface area contributed by atoms with E-state index < -0.39 is 14.0 Å². The van der Waals surface area contributed by atoms with Gasteiger partial charge in [-0.1, -0.05) is 65.1 Å². The average Bonchev–Trinajstić information content (AvgIpc) is 3.08. The van der Waals surface area contributed by atoms with Crippen LogP contribution >= 0.6 is 0 Å². The summed E-state index contributed by atoms with van der Waals surface area (Å²) in [6, 6.07) is 2.07. The zero-order chi connectivity index (χ0) is 21.2. The summed E-state index contributed by atoms with van der Waals surface area (Å²) < 4.78 is 11.3. The number of aliphatic carboxylic acids is 1. The largest absolute Gasteiger partial charge is 0.481 e. The van der Waals surface area contributed by atoms with E-state index in [0.29, 0.717) is 0 Å². The third-order valence-electron chi connectivity index (χ3n) is 5.06. The van der Waals surface area contributed by atoms with Crippen LogP contribution in [0.4, 0.5) is 0 Å². The molecule has 1 aromatic rings. The molecule has 0 saturated heterocycles. The van der Waals surface area contributed by atoms with Crippen LogP contribution in [-0.4, -0.2) is 25.1 Å². The lowest BCUT2D eigenvalue weighted by Gasteiger charge is -2.16. The molecule has 0 aromatic carbocycles. The van der Waals surface area contributed by atoms with Gasteiger partial charge in [-0.3, -0.25) is 9.59 Å². The lowest BCUT2D eigenvalue weighted by molar-refractivity contribution is -0.147. The molecule has 0 aliphatic carbocycles. The van der Waals surface area contributed by atoms with Gasteiger partial charge in [-0.2, -0.15) is 0 Å². The first-order valence-electron chi connectivity index (χ1n) is 10.6. The molecule has 6 heteroatoms. The minimum absolute atomic E-state index is 0.219. The van der Waals surface area contributed by atoms with Crippen LogP contribution in [0, 0.1) is 5.92 Å². The van der Waals surface area contributed by atoms with Gasteiger partial charge >= 0.3 is 11.9 Å². The summed E-state index contributed by atoms with van der Waals surface area (Å²) in [6.07, 6.45) is 10.8. The van der Waals surface area contributed by atoms with Crippen LogP contribution in [-0.2, 0) is 14.3 Å². The van der Waals surface area contributed by atoms with Gasteiger partial charge in [0.05, 0.1) is 17.6 Å². The summed E-state index contributed by atoms with van der Waals surface area (Å²) in [6.45, 7) is 9.93. The van der Waals surface area contributed by atoms with Gasteiger partial charge in [0.25, 0.3) is 0 Å².